The third kappa shape index (κ3) is 4.36. The summed E-state index contributed by atoms with van der Waals surface area (Å²) in [6.45, 7) is 1.37. The van der Waals surface area contributed by atoms with Crippen LogP contribution in [0.5, 0.6) is 0 Å². The molecule has 0 atom stereocenters. The van der Waals surface area contributed by atoms with E-state index in [0.717, 1.165) is 23.0 Å². The Morgan fingerprint density at radius 1 is 0.889 bits per heavy atom. The first-order chi connectivity index (χ1) is 17.2. The molecule has 10 heteroatoms. The molecule has 5 aromatic rings. The molecule has 0 bridgehead atoms. The minimum Gasteiger partial charge on any atom is -0.326 e. The van der Waals surface area contributed by atoms with E-state index in [9.17, 15) is 22.8 Å². The third-order valence-corrected chi connectivity index (χ3v) is 5.54. The number of carbonyl (C=O) groups is 2. The predicted molar refractivity (Wildman–Crippen MR) is 130 cm³/mol. The number of alkyl halides is 3. The average molecular weight is 489 g/mol. The van der Waals surface area contributed by atoms with E-state index in [4.69, 9.17) is 0 Å². The van der Waals surface area contributed by atoms with Crippen molar-refractivity contribution in [3.63, 3.8) is 0 Å². The van der Waals surface area contributed by atoms with Crippen molar-refractivity contribution in [2.24, 2.45) is 0 Å². The zero-order chi connectivity index (χ0) is 25.4. The van der Waals surface area contributed by atoms with E-state index in [1.165, 1.54) is 6.92 Å². The Bertz CT molecular complexity index is 1620. The molecule has 0 unspecified atom stereocenters. The Morgan fingerprint density at radius 3 is 2.25 bits per heavy atom. The van der Waals surface area contributed by atoms with Crippen molar-refractivity contribution in [2.45, 2.75) is 13.1 Å². The standard InChI is InChI=1S/C26H18F3N5O2/c1-15(35)31-17-9-11-18(12-10-17)32-25(36)21-14-30-34-23(26(27,28)29)13-22(33-24(21)34)20-8-4-6-16-5-2-3-7-19(16)20/h2-14H,1H3,(H,31,35)(H,32,36). The van der Waals surface area contributed by atoms with Crippen LogP contribution in [-0.4, -0.2) is 26.4 Å². The maximum absolute atomic E-state index is 14.0. The van der Waals surface area contributed by atoms with Gasteiger partial charge in [-0.25, -0.2) is 9.50 Å². The summed E-state index contributed by atoms with van der Waals surface area (Å²) in [5.74, 6) is -0.917. The Balaban J connectivity index is 1.59. The maximum atomic E-state index is 14.0. The number of anilines is 2. The molecule has 0 fully saturated rings. The number of nitrogens with zero attached hydrogens (tertiary/aromatic N) is 3. The first-order valence-corrected chi connectivity index (χ1v) is 10.8. The number of rotatable bonds is 4. The smallest absolute Gasteiger partial charge is 0.326 e. The molecule has 2 N–H and O–H groups in total. The fourth-order valence-electron chi connectivity index (χ4n) is 3.95. The molecule has 2 aromatic heterocycles. The number of benzene rings is 3. The fourth-order valence-corrected chi connectivity index (χ4v) is 3.95. The molecule has 2 amide bonds. The molecule has 0 saturated heterocycles. The van der Waals surface area contributed by atoms with Gasteiger partial charge in [0.15, 0.2) is 11.3 Å². The van der Waals surface area contributed by atoms with E-state index >= 15 is 0 Å². The number of aromatic nitrogens is 3. The van der Waals surface area contributed by atoms with Gasteiger partial charge in [0.25, 0.3) is 5.91 Å². The molecule has 36 heavy (non-hydrogen) atoms. The van der Waals surface area contributed by atoms with Crippen molar-refractivity contribution >= 4 is 39.6 Å². The van der Waals surface area contributed by atoms with Crippen molar-refractivity contribution in [1.29, 1.82) is 0 Å². The lowest BCUT2D eigenvalue weighted by Crippen LogP contribution is -2.16. The quantitative estimate of drug-likeness (QED) is 0.335. The van der Waals surface area contributed by atoms with Crippen molar-refractivity contribution in [2.75, 3.05) is 10.6 Å². The maximum Gasteiger partial charge on any atom is 0.433 e. The highest BCUT2D eigenvalue weighted by Crippen LogP contribution is 2.35. The second kappa shape index (κ2) is 8.81. The summed E-state index contributed by atoms with van der Waals surface area (Å²) in [5.41, 5.74) is 0.105. The number of hydrogen-bond acceptors (Lipinski definition) is 4. The lowest BCUT2D eigenvalue weighted by Gasteiger charge is -2.13. The van der Waals surface area contributed by atoms with Crippen molar-refractivity contribution in [1.82, 2.24) is 14.6 Å². The Kier molecular flexibility index (Phi) is 5.63. The second-order valence-electron chi connectivity index (χ2n) is 8.06. The fraction of sp³-hybridized carbons (Fsp3) is 0.0769. The lowest BCUT2D eigenvalue weighted by molar-refractivity contribution is -0.142. The first-order valence-electron chi connectivity index (χ1n) is 10.8. The van der Waals surface area contributed by atoms with Crippen LogP contribution in [-0.2, 0) is 11.0 Å². The van der Waals surface area contributed by atoms with Crippen LogP contribution in [0.4, 0.5) is 24.5 Å². The van der Waals surface area contributed by atoms with Gasteiger partial charge in [0.2, 0.25) is 5.91 Å². The van der Waals surface area contributed by atoms with Gasteiger partial charge in [-0.2, -0.15) is 18.3 Å². The molecule has 180 valence electrons. The van der Waals surface area contributed by atoms with Crippen molar-refractivity contribution in [3.05, 3.63) is 90.3 Å². The summed E-state index contributed by atoms with van der Waals surface area (Å²) in [5, 5.41) is 10.6. The Labute approximate surface area is 202 Å². The zero-order valence-corrected chi connectivity index (χ0v) is 18.8. The molecule has 3 aromatic carbocycles. The van der Waals surface area contributed by atoms with Crippen LogP contribution in [0.3, 0.4) is 0 Å². The minimum atomic E-state index is -4.74. The van der Waals surface area contributed by atoms with E-state index in [0.29, 0.717) is 21.5 Å². The highest BCUT2D eigenvalue weighted by molar-refractivity contribution is 6.08. The van der Waals surface area contributed by atoms with Crippen LogP contribution < -0.4 is 10.6 Å². The summed E-state index contributed by atoms with van der Waals surface area (Å²) >= 11 is 0. The third-order valence-electron chi connectivity index (χ3n) is 5.54. The van der Waals surface area contributed by atoms with Crippen LogP contribution in [0.25, 0.3) is 27.7 Å². The highest BCUT2D eigenvalue weighted by atomic mass is 19.4. The van der Waals surface area contributed by atoms with E-state index in [-0.39, 0.29) is 22.8 Å². The molecule has 0 aliphatic carbocycles. The summed E-state index contributed by atoms with van der Waals surface area (Å²) in [6, 6.07) is 19.8. The lowest BCUT2D eigenvalue weighted by atomic mass is 10.0. The monoisotopic (exact) mass is 489 g/mol. The van der Waals surface area contributed by atoms with E-state index in [1.54, 1.807) is 48.5 Å². The second-order valence-corrected chi connectivity index (χ2v) is 8.06. The van der Waals surface area contributed by atoms with Gasteiger partial charge in [-0.3, -0.25) is 9.59 Å². The van der Waals surface area contributed by atoms with Crippen LogP contribution in [0, 0.1) is 0 Å². The predicted octanol–water partition coefficient (Wildman–Crippen LogP) is 5.78. The minimum absolute atomic E-state index is 0.0702. The van der Waals surface area contributed by atoms with Crippen LogP contribution in [0.1, 0.15) is 23.0 Å². The summed E-state index contributed by atoms with van der Waals surface area (Å²) < 4.78 is 42.6. The van der Waals surface area contributed by atoms with Crippen LogP contribution in [0.2, 0.25) is 0 Å². The first kappa shape index (κ1) is 23.0. The zero-order valence-electron chi connectivity index (χ0n) is 18.8. The molecule has 0 aliphatic heterocycles. The number of amides is 2. The SMILES string of the molecule is CC(=O)Nc1ccc(NC(=O)c2cnn3c(C(F)(F)F)cc(-c4cccc5ccccc45)nc23)cc1. The van der Waals surface area contributed by atoms with Gasteiger partial charge in [-0.15, -0.1) is 0 Å². The molecule has 2 heterocycles. The normalized spacial score (nSPS) is 11.6. The van der Waals surface area contributed by atoms with Gasteiger partial charge in [0.05, 0.1) is 11.9 Å². The molecule has 0 spiro atoms. The van der Waals surface area contributed by atoms with E-state index in [1.807, 2.05) is 18.2 Å². The highest BCUT2D eigenvalue weighted by Gasteiger charge is 2.36. The van der Waals surface area contributed by atoms with Crippen molar-refractivity contribution in [3.8, 4) is 11.3 Å². The largest absolute Gasteiger partial charge is 0.433 e. The number of hydrogen-bond donors (Lipinski definition) is 2. The van der Waals surface area contributed by atoms with Gasteiger partial charge in [-0.1, -0.05) is 42.5 Å². The van der Waals surface area contributed by atoms with Gasteiger partial charge in [0, 0.05) is 23.9 Å². The average Bonchev–Trinajstić information content (AvgIpc) is 3.27. The van der Waals surface area contributed by atoms with Crippen LogP contribution >= 0.6 is 0 Å². The molecular formula is C26H18F3N5O2. The number of fused-ring (bicyclic) bond motifs is 2. The van der Waals surface area contributed by atoms with Gasteiger partial charge in [0.1, 0.15) is 5.56 Å². The molecule has 0 saturated carbocycles. The molecule has 0 radical (unpaired) electrons. The molecule has 7 nitrogen and oxygen atoms in total. The van der Waals surface area contributed by atoms with Crippen LogP contribution in [0.15, 0.2) is 79.0 Å². The Morgan fingerprint density at radius 2 is 1.56 bits per heavy atom. The number of carbonyl (C=O) groups excluding carboxylic acids is 2. The van der Waals surface area contributed by atoms with Gasteiger partial charge < -0.3 is 10.6 Å². The van der Waals surface area contributed by atoms with E-state index < -0.39 is 17.8 Å². The summed E-state index contributed by atoms with van der Waals surface area (Å²) in [7, 11) is 0. The summed E-state index contributed by atoms with van der Waals surface area (Å²) in [4.78, 5) is 28.6. The topological polar surface area (TPSA) is 88.4 Å². The van der Waals surface area contributed by atoms with E-state index in [2.05, 4.69) is 20.7 Å². The van der Waals surface area contributed by atoms with Gasteiger partial charge >= 0.3 is 6.18 Å². The number of halogens is 3. The Hall–Kier alpha value is -4.73. The molecular weight excluding hydrogens is 471 g/mol. The van der Waals surface area contributed by atoms with Crippen molar-refractivity contribution < 1.29 is 22.8 Å². The molecule has 5 rings (SSSR count). The molecule has 0 aliphatic rings. The number of nitrogens with one attached hydrogen (secondary N) is 2. The van der Waals surface area contributed by atoms with Gasteiger partial charge in [-0.05, 0) is 41.1 Å². The summed E-state index contributed by atoms with van der Waals surface area (Å²) in [6.07, 6.45) is -3.68.